The lowest BCUT2D eigenvalue weighted by Crippen LogP contribution is -2.11. The second-order valence-electron chi connectivity index (χ2n) is 2.96. The van der Waals surface area contributed by atoms with Crippen LogP contribution in [-0.4, -0.2) is 13.0 Å². The third kappa shape index (κ3) is 2.55. The molecule has 0 heterocycles. The normalized spacial score (nSPS) is 10.6. The molecule has 0 aliphatic heterocycles. The van der Waals surface area contributed by atoms with Crippen molar-refractivity contribution in [3.05, 3.63) is 23.5 Å². The van der Waals surface area contributed by atoms with Gasteiger partial charge in [0.2, 0.25) is 0 Å². The van der Waals surface area contributed by atoms with Gasteiger partial charge in [-0.15, -0.1) is 0 Å². The molecule has 0 aliphatic rings. The van der Waals surface area contributed by atoms with E-state index in [1.807, 2.05) is 0 Å². The highest BCUT2D eigenvalue weighted by Crippen LogP contribution is 2.22. The molecule has 5 heteroatoms. The number of nitrogen functional groups attached to an aromatic ring is 1. The molecule has 14 heavy (non-hydrogen) atoms. The Hall–Kier alpha value is -1.39. The number of benzene rings is 1. The number of aryl methyl sites for hydroxylation is 1. The lowest BCUT2D eigenvalue weighted by atomic mass is 10.2. The van der Waals surface area contributed by atoms with Crippen molar-refractivity contribution in [2.24, 2.45) is 0 Å². The highest BCUT2D eigenvalue weighted by molar-refractivity contribution is 5.67. The molecule has 0 atom stereocenters. The Labute approximate surface area is 79.9 Å². The predicted octanol–water partition coefficient (Wildman–Crippen LogP) is 2.39. The molecule has 3 N–H and O–H groups in total. The van der Waals surface area contributed by atoms with E-state index >= 15 is 0 Å². The summed E-state index contributed by atoms with van der Waals surface area (Å²) in [6, 6.07) is 2.52. The molecule has 78 valence electrons. The van der Waals surface area contributed by atoms with E-state index in [-0.39, 0.29) is 5.69 Å². The Morgan fingerprint density at radius 1 is 1.43 bits per heavy atom. The smallest absolute Gasteiger partial charge is 0.255 e. The summed E-state index contributed by atoms with van der Waals surface area (Å²) in [6.07, 6.45) is -2.46. The Balaban J connectivity index is 2.82. The Morgan fingerprint density at radius 3 is 2.64 bits per heavy atom. The summed E-state index contributed by atoms with van der Waals surface area (Å²) in [7, 11) is 0. The van der Waals surface area contributed by atoms with Gasteiger partial charge in [0.1, 0.15) is 5.82 Å². The molecule has 1 aromatic carbocycles. The summed E-state index contributed by atoms with van der Waals surface area (Å²) >= 11 is 0. The van der Waals surface area contributed by atoms with Crippen LogP contribution in [0.25, 0.3) is 0 Å². The van der Waals surface area contributed by atoms with E-state index in [9.17, 15) is 13.2 Å². The average Bonchev–Trinajstić information content (AvgIpc) is 2.09. The highest BCUT2D eigenvalue weighted by Gasteiger charge is 2.07. The molecule has 0 bridgehead atoms. The van der Waals surface area contributed by atoms with Crippen LogP contribution in [-0.2, 0) is 0 Å². The van der Waals surface area contributed by atoms with E-state index in [0.29, 0.717) is 11.3 Å². The van der Waals surface area contributed by atoms with Crippen LogP contribution in [0.1, 0.15) is 5.56 Å². The first-order valence-corrected chi connectivity index (χ1v) is 4.08. The number of rotatable bonds is 3. The van der Waals surface area contributed by atoms with Gasteiger partial charge in [0.25, 0.3) is 6.43 Å². The molecule has 1 rings (SSSR count). The van der Waals surface area contributed by atoms with Gasteiger partial charge >= 0.3 is 0 Å². The molecule has 0 aromatic heterocycles. The second-order valence-corrected chi connectivity index (χ2v) is 2.96. The van der Waals surface area contributed by atoms with Crippen molar-refractivity contribution in [3.8, 4) is 0 Å². The van der Waals surface area contributed by atoms with Gasteiger partial charge in [-0.3, -0.25) is 0 Å². The first-order valence-electron chi connectivity index (χ1n) is 4.08. The van der Waals surface area contributed by atoms with E-state index in [2.05, 4.69) is 5.32 Å². The molecule has 0 radical (unpaired) electrons. The number of hydrogen-bond donors (Lipinski definition) is 2. The molecule has 0 spiro atoms. The molecule has 0 saturated carbocycles. The molecule has 2 nitrogen and oxygen atoms in total. The first kappa shape index (κ1) is 10.7. The molecule has 0 amide bonds. The monoisotopic (exact) mass is 204 g/mol. The highest BCUT2D eigenvalue weighted by atomic mass is 19.3. The SMILES string of the molecule is Cc1cc(NCC(F)F)c(N)cc1F. The predicted molar refractivity (Wildman–Crippen MR) is 50.0 cm³/mol. The quantitative estimate of drug-likeness (QED) is 0.742. The summed E-state index contributed by atoms with van der Waals surface area (Å²) in [5.41, 5.74) is 6.27. The third-order valence-corrected chi connectivity index (χ3v) is 1.78. The fourth-order valence-corrected chi connectivity index (χ4v) is 1.04. The van der Waals surface area contributed by atoms with Crippen molar-refractivity contribution in [3.63, 3.8) is 0 Å². The molecule has 0 unspecified atom stereocenters. The summed E-state index contributed by atoms with van der Waals surface area (Å²) in [4.78, 5) is 0. The fourth-order valence-electron chi connectivity index (χ4n) is 1.04. The van der Waals surface area contributed by atoms with Crippen molar-refractivity contribution in [1.82, 2.24) is 0 Å². The van der Waals surface area contributed by atoms with Gasteiger partial charge in [-0.2, -0.15) is 0 Å². The van der Waals surface area contributed by atoms with Crippen LogP contribution in [0.15, 0.2) is 12.1 Å². The molecular formula is C9H11F3N2. The fraction of sp³-hybridized carbons (Fsp3) is 0.333. The Morgan fingerprint density at radius 2 is 2.07 bits per heavy atom. The van der Waals surface area contributed by atoms with Crippen LogP contribution in [0.4, 0.5) is 24.5 Å². The molecular weight excluding hydrogens is 193 g/mol. The molecule has 1 aromatic rings. The van der Waals surface area contributed by atoms with Crippen LogP contribution in [0.3, 0.4) is 0 Å². The standard InChI is InChI=1S/C9H11F3N2/c1-5-2-8(14-4-9(11)12)7(13)3-6(5)10/h2-3,9,14H,4,13H2,1H3. The van der Waals surface area contributed by atoms with Crippen LogP contribution in [0.2, 0.25) is 0 Å². The maximum absolute atomic E-state index is 12.9. The third-order valence-electron chi connectivity index (χ3n) is 1.78. The van der Waals surface area contributed by atoms with Gasteiger partial charge in [-0.05, 0) is 24.6 Å². The van der Waals surface area contributed by atoms with Crippen LogP contribution >= 0.6 is 0 Å². The average molecular weight is 204 g/mol. The topological polar surface area (TPSA) is 38.0 Å². The number of halogens is 3. The Bertz CT molecular complexity index is 326. The van der Waals surface area contributed by atoms with Crippen molar-refractivity contribution in [2.45, 2.75) is 13.3 Å². The van der Waals surface area contributed by atoms with Gasteiger partial charge in [0.05, 0.1) is 17.9 Å². The number of nitrogens with one attached hydrogen (secondary N) is 1. The van der Waals surface area contributed by atoms with Crippen molar-refractivity contribution in [1.29, 1.82) is 0 Å². The summed E-state index contributed by atoms with van der Waals surface area (Å²) in [5, 5.41) is 2.44. The first-order chi connectivity index (χ1) is 6.50. The van der Waals surface area contributed by atoms with Gasteiger partial charge in [0, 0.05) is 0 Å². The number of anilines is 2. The van der Waals surface area contributed by atoms with E-state index in [1.54, 1.807) is 6.92 Å². The van der Waals surface area contributed by atoms with E-state index in [4.69, 9.17) is 5.73 Å². The minimum absolute atomic E-state index is 0.133. The maximum atomic E-state index is 12.9. The minimum Gasteiger partial charge on any atom is -0.397 e. The van der Waals surface area contributed by atoms with Gasteiger partial charge in [-0.25, -0.2) is 13.2 Å². The lowest BCUT2D eigenvalue weighted by molar-refractivity contribution is 0.163. The van der Waals surface area contributed by atoms with Crippen molar-refractivity contribution < 1.29 is 13.2 Å². The zero-order valence-corrected chi connectivity index (χ0v) is 7.65. The summed E-state index contributed by atoms with van der Waals surface area (Å²) < 4.78 is 36.6. The van der Waals surface area contributed by atoms with Gasteiger partial charge < -0.3 is 11.1 Å². The molecule has 0 aliphatic carbocycles. The van der Waals surface area contributed by atoms with Crippen LogP contribution in [0, 0.1) is 12.7 Å². The zero-order chi connectivity index (χ0) is 10.7. The number of alkyl halides is 2. The summed E-state index contributed by atoms with van der Waals surface area (Å²) in [6.45, 7) is 1.05. The largest absolute Gasteiger partial charge is 0.397 e. The minimum atomic E-state index is -2.46. The van der Waals surface area contributed by atoms with Crippen molar-refractivity contribution in [2.75, 3.05) is 17.6 Å². The van der Waals surface area contributed by atoms with Crippen molar-refractivity contribution >= 4 is 11.4 Å². The van der Waals surface area contributed by atoms with Crippen LogP contribution in [0.5, 0.6) is 0 Å². The number of nitrogens with two attached hydrogens (primary N) is 1. The van der Waals surface area contributed by atoms with Crippen LogP contribution < -0.4 is 11.1 Å². The second kappa shape index (κ2) is 4.21. The molecule has 0 saturated heterocycles. The Kier molecular flexibility index (Phi) is 3.22. The number of hydrogen-bond acceptors (Lipinski definition) is 2. The van der Waals surface area contributed by atoms with Gasteiger partial charge in [-0.1, -0.05) is 0 Å². The van der Waals surface area contributed by atoms with Gasteiger partial charge in [0.15, 0.2) is 0 Å². The van der Waals surface area contributed by atoms with E-state index < -0.39 is 18.8 Å². The van der Waals surface area contributed by atoms with E-state index in [0.717, 1.165) is 6.07 Å². The van der Waals surface area contributed by atoms with E-state index in [1.165, 1.54) is 6.07 Å². The molecule has 0 fully saturated rings. The maximum Gasteiger partial charge on any atom is 0.255 e. The lowest BCUT2D eigenvalue weighted by Gasteiger charge is -2.10. The zero-order valence-electron chi connectivity index (χ0n) is 7.65. The summed E-state index contributed by atoms with van der Waals surface area (Å²) in [5.74, 6) is -0.440.